The molecule has 0 aromatic carbocycles. The average Bonchev–Trinajstić information content (AvgIpc) is 2.20. The SMILES string of the molecule is CC1=C(CCN)C(=O)N=N1. The Hall–Kier alpha value is -1.03. The topological polar surface area (TPSA) is 67.8 Å². The zero-order valence-electron chi connectivity index (χ0n) is 5.79. The van der Waals surface area contributed by atoms with Crippen LogP contribution in [0.4, 0.5) is 0 Å². The van der Waals surface area contributed by atoms with Crippen molar-refractivity contribution in [3.8, 4) is 0 Å². The molecule has 1 rings (SSSR count). The molecular weight excluding hydrogens is 130 g/mol. The van der Waals surface area contributed by atoms with Crippen molar-refractivity contribution in [3.05, 3.63) is 11.3 Å². The van der Waals surface area contributed by atoms with Crippen molar-refractivity contribution in [2.45, 2.75) is 13.3 Å². The van der Waals surface area contributed by atoms with Crippen LogP contribution in [0.5, 0.6) is 0 Å². The highest BCUT2D eigenvalue weighted by Crippen LogP contribution is 2.17. The Bertz CT molecular complexity index is 217. The van der Waals surface area contributed by atoms with Gasteiger partial charge in [-0.25, -0.2) is 0 Å². The van der Waals surface area contributed by atoms with Crippen molar-refractivity contribution < 1.29 is 4.79 Å². The molecule has 0 saturated carbocycles. The molecule has 0 bridgehead atoms. The first-order valence-corrected chi connectivity index (χ1v) is 3.11. The highest BCUT2D eigenvalue weighted by Gasteiger charge is 2.16. The third-order valence-electron chi connectivity index (χ3n) is 1.38. The summed E-state index contributed by atoms with van der Waals surface area (Å²) in [6.45, 7) is 2.24. The van der Waals surface area contributed by atoms with E-state index in [0.717, 1.165) is 0 Å². The van der Waals surface area contributed by atoms with Crippen molar-refractivity contribution in [2.24, 2.45) is 16.0 Å². The summed E-state index contributed by atoms with van der Waals surface area (Å²) in [6.07, 6.45) is 0.581. The molecule has 0 atom stereocenters. The molecule has 0 aromatic rings. The van der Waals surface area contributed by atoms with Gasteiger partial charge < -0.3 is 5.73 Å². The quantitative estimate of drug-likeness (QED) is 0.608. The lowest BCUT2D eigenvalue weighted by molar-refractivity contribution is -0.114. The molecule has 0 unspecified atom stereocenters. The average molecular weight is 139 g/mol. The lowest BCUT2D eigenvalue weighted by atomic mass is 10.1. The van der Waals surface area contributed by atoms with Crippen molar-refractivity contribution >= 4 is 5.91 Å². The van der Waals surface area contributed by atoms with Gasteiger partial charge in [0, 0.05) is 5.57 Å². The summed E-state index contributed by atoms with van der Waals surface area (Å²) in [6, 6.07) is 0. The zero-order chi connectivity index (χ0) is 7.56. The molecule has 2 N–H and O–H groups in total. The van der Waals surface area contributed by atoms with E-state index in [-0.39, 0.29) is 5.91 Å². The summed E-state index contributed by atoms with van der Waals surface area (Å²) in [5.41, 5.74) is 6.62. The van der Waals surface area contributed by atoms with Gasteiger partial charge in [-0.3, -0.25) is 4.79 Å². The van der Waals surface area contributed by atoms with E-state index >= 15 is 0 Å². The maximum Gasteiger partial charge on any atom is 0.293 e. The Balaban J connectivity index is 2.75. The molecule has 0 spiro atoms. The normalized spacial score (nSPS) is 17.2. The van der Waals surface area contributed by atoms with E-state index in [1.54, 1.807) is 6.92 Å². The number of nitrogens with zero attached hydrogens (tertiary/aromatic N) is 2. The first-order valence-electron chi connectivity index (χ1n) is 3.11. The second kappa shape index (κ2) is 2.70. The van der Waals surface area contributed by atoms with Gasteiger partial charge in [0.15, 0.2) is 0 Å². The molecule has 0 saturated heterocycles. The first-order chi connectivity index (χ1) is 4.75. The fourth-order valence-electron chi connectivity index (χ4n) is 0.828. The predicted molar refractivity (Wildman–Crippen MR) is 36.2 cm³/mol. The molecule has 54 valence electrons. The number of rotatable bonds is 2. The van der Waals surface area contributed by atoms with Crippen molar-refractivity contribution in [2.75, 3.05) is 6.54 Å². The van der Waals surface area contributed by atoms with Gasteiger partial charge in [-0.15, -0.1) is 5.11 Å². The Morgan fingerprint density at radius 1 is 1.50 bits per heavy atom. The van der Waals surface area contributed by atoms with Crippen LogP contribution in [-0.4, -0.2) is 12.5 Å². The molecule has 0 aliphatic carbocycles. The van der Waals surface area contributed by atoms with Crippen LogP contribution in [0, 0.1) is 0 Å². The van der Waals surface area contributed by atoms with Gasteiger partial charge in [0.05, 0.1) is 5.70 Å². The number of carbonyl (C=O) groups excluding carboxylic acids is 1. The molecule has 0 fully saturated rings. The monoisotopic (exact) mass is 139 g/mol. The van der Waals surface area contributed by atoms with E-state index in [0.29, 0.717) is 24.2 Å². The Morgan fingerprint density at radius 3 is 2.60 bits per heavy atom. The van der Waals surface area contributed by atoms with Gasteiger partial charge >= 0.3 is 0 Å². The highest BCUT2D eigenvalue weighted by atomic mass is 16.2. The van der Waals surface area contributed by atoms with Crippen LogP contribution < -0.4 is 5.73 Å². The Morgan fingerprint density at radius 2 is 2.20 bits per heavy atom. The minimum atomic E-state index is -0.233. The van der Waals surface area contributed by atoms with Gasteiger partial charge in [0.1, 0.15) is 0 Å². The first kappa shape index (κ1) is 7.08. The minimum Gasteiger partial charge on any atom is -0.330 e. The predicted octanol–water partition coefficient (Wildman–Crippen LogP) is 0.602. The van der Waals surface area contributed by atoms with E-state index in [1.165, 1.54) is 0 Å². The van der Waals surface area contributed by atoms with E-state index in [4.69, 9.17) is 5.73 Å². The largest absolute Gasteiger partial charge is 0.330 e. The maximum atomic E-state index is 10.8. The second-order valence-electron chi connectivity index (χ2n) is 2.11. The summed E-state index contributed by atoms with van der Waals surface area (Å²) >= 11 is 0. The van der Waals surface area contributed by atoms with Gasteiger partial charge in [-0.1, -0.05) is 0 Å². The molecule has 4 nitrogen and oxygen atoms in total. The summed E-state index contributed by atoms with van der Waals surface area (Å²) in [5.74, 6) is -0.233. The summed E-state index contributed by atoms with van der Waals surface area (Å²) in [4.78, 5) is 10.8. The van der Waals surface area contributed by atoms with E-state index in [1.807, 2.05) is 0 Å². The fraction of sp³-hybridized carbons (Fsp3) is 0.500. The molecule has 0 radical (unpaired) electrons. The number of carbonyl (C=O) groups is 1. The summed E-state index contributed by atoms with van der Waals surface area (Å²) in [7, 11) is 0. The van der Waals surface area contributed by atoms with E-state index < -0.39 is 0 Å². The highest BCUT2D eigenvalue weighted by molar-refractivity contribution is 5.96. The van der Waals surface area contributed by atoms with Crippen LogP contribution in [0.3, 0.4) is 0 Å². The molecule has 1 aliphatic heterocycles. The zero-order valence-corrected chi connectivity index (χ0v) is 5.79. The van der Waals surface area contributed by atoms with Crippen LogP contribution in [0.25, 0.3) is 0 Å². The lowest BCUT2D eigenvalue weighted by Crippen LogP contribution is -2.05. The fourth-order valence-corrected chi connectivity index (χ4v) is 0.828. The van der Waals surface area contributed by atoms with Crippen molar-refractivity contribution in [3.63, 3.8) is 0 Å². The molecule has 0 aromatic heterocycles. The molecule has 1 aliphatic rings. The Labute approximate surface area is 58.8 Å². The molecule has 4 heteroatoms. The number of allylic oxidation sites excluding steroid dienone is 1. The van der Waals surface area contributed by atoms with Crippen molar-refractivity contribution in [1.82, 2.24) is 0 Å². The third kappa shape index (κ3) is 1.11. The van der Waals surface area contributed by atoms with Crippen LogP contribution in [-0.2, 0) is 4.79 Å². The van der Waals surface area contributed by atoms with Gasteiger partial charge in [0.25, 0.3) is 5.91 Å². The molecule has 1 amide bonds. The summed E-state index contributed by atoms with van der Waals surface area (Å²) in [5, 5.41) is 6.99. The van der Waals surface area contributed by atoms with E-state index in [9.17, 15) is 4.79 Å². The van der Waals surface area contributed by atoms with Crippen LogP contribution in [0.1, 0.15) is 13.3 Å². The maximum absolute atomic E-state index is 10.8. The van der Waals surface area contributed by atoms with Gasteiger partial charge in [-0.2, -0.15) is 5.11 Å². The molecular formula is C6H9N3O. The van der Waals surface area contributed by atoms with Gasteiger partial charge in [0.2, 0.25) is 0 Å². The third-order valence-corrected chi connectivity index (χ3v) is 1.38. The number of amides is 1. The second-order valence-corrected chi connectivity index (χ2v) is 2.11. The minimum absolute atomic E-state index is 0.233. The smallest absolute Gasteiger partial charge is 0.293 e. The van der Waals surface area contributed by atoms with Gasteiger partial charge in [-0.05, 0) is 19.9 Å². The number of hydrogen-bond acceptors (Lipinski definition) is 3. The van der Waals surface area contributed by atoms with Crippen LogP contribution in [0.2, 0.25) is 0 Å². The number of hydrogen-bond donors (Lipinski definition) is 1. The van der Waals surface area contributed by atoms with E-state index in [2.05, 4.69) is 10.2 Å². The standard InChI is InChI=1S/C6H9N3O/c1-4-5(2-3-7)6(10)9-8-4/h2-3,7H2,1H3. The molecule has 10 heavy (non-hydrogen) atoms. The van der Waals surface area contributed by atoms with Crippen molar-refractivity contribution in [1.29, 1.82) is 0 Å². The van der Waals surface area contributed by atoms with Crippen LogP contribution in [0.15, 0.2) is 21.5 Å². The number of azo groups is 1. The number of nitrogens with two attached hydrogens (primary N) is 1. The Kier molecular flexibility index (Phi) is 1.91. The summed E-state index contributed by atoms with van der Waals surface area (Å²) < 4.78 is 0. The van der Waals surface area contributed by atoms with Crippen LogP contribution >= 0.6 is 0 Å². The lowest BCUT2D eigenvalue weighted by Gasteiger charge is -1.93. The molecule has 1 heterocycles.